The zero-order valence-electron chi connectivity index (χ0n) is 9.21. The van der Waals surface area contributed by atoms with E-state index in [-0.39, 0.29) is 23.6 Å². The van der Waals surface area contributed by atoms with Gasteiger partial charge in [0, 0.05) is 6.07 Å². The normalized spacial score (nSPS) is 9.47. The predicted octanol–water partition coefficient (Wildman–Crippen LogP) is 1.95. The summed E-state index contributed by atoms with van der Waals surface area (Å²) in [5.41, 5.74) is -0.0170. The molecule has 0 saturated carbocycles. The molecule has 6 nitrogen and oxygen atoms in total. The second-order valence-electron chi connectivity index (χ2n) is 3.03. The SMILES string of the molecule is C=CCOc1cc([N+](=O)[O-])ccc1C(=O)OC. The molecular formula is C11H11NO5. The number of ether oxygens (including phenoxy) is 2. The van der Waals surface area contributed by atoms with E-state index in [1.165, 1.54) is 31.4 Å². The third-order valence-electron chi connectivity index (χ3n) is 1.94. The van der Waals surface area contributed by atoms with Gasteiger partial charge in [-0.2, -0.15) is 0 Å². The number of nitro groups is 1. The second-order valence-corrected chi connectivity index (χ2v) is 3.03. The molecule has 0 bridgehead atoms. The van der Waals surface area contributed by atoms with Gasteiger partial charge in [0.15, 0.2) is 0 Å². The van der Waals surface area contributed by atoms with Crippen LogP contribution in [0.25, 0.3) is 0 Å². The van der Waals surface area contributed by atoms with Crippen molar-refractivity contribution in [1.82, 2.24) is 0 Å². The molecule has 0 aliphatic rings. The highest BCUT2D eigenvalue weighted by atomic mass is 16.6. The summed E-state index contributed by atoms with van der Waals surface area (Å²) in [5.74, 6) is -0.509. The average Bonchev–Trinajstić information content (AvgIpc) is 2.34. The van der Waals surface area contributed by atoms with Crippen molar-refractivity contribution < 1.29 is 19.2 Å². The van der Waals surface area contributed by atoms with Crippen LogP contribution in [0.1, 0.15) is 10.4 Å². The van der Waals surface area contributed by atoms with Crippen LogP contribution in [-0.4, -0.2) is 24.6 Å². The summed E-state index contributed by atoms with van der Waals surface area (Å²) in [4.78, 5) is 21.4. The Kier molecular flexibility index (Phi) is 4.21. The highest BCUT2D eigenvalue weighted by Gasteiger charge is 2.17. The Morgan fingerprint density at radius 3 is 2.82 bits per heavy atom. The third kappa shape index (κ3) is 3.04. The monoisotopic (exact) mass is 237 g/mol. The molecule has 0 aliphatic carbocycles. The number of benzene rings is 1. The highest BCUT2D eigenvalue weighted by Crippen LogP contribution is 2.25. The molecule has 0 fully saturated rings. The van der Waals surface area contributed by atoms with Gasteiger partial charge in [-0.25, -0.2) is 4.79 Å². The lowest BCUT2D eigenvalue weighted by atomic mass is 10.2. The minimum atomic E-state index is -0.612. The smallest absolute Gasteiger partial charge is 0.341 e. The Balaban J connectivity index is 3.15. The molecule has 6 heteroatoms. The summed E-state index contributed by atoms with van der Waals surface area (Å²) < 4.78 is 9.72. The Bertz CT molecular complexity index is 455. The molecule has 0 aliphatic heterocycles. The molecule has 0 aromatic heterocycles. The first-order chi connectivity index (χ1) is 8.10. The number of methoxy groups -OCH3 is 1. The fourth-order valence-corrected chi connectivity index (χ4v) is 1.17. The van der Waals surface area contributed by atoms with Gasteiger partial charge in [-0.3, -0.25) is 10.1 Å². The van der Waals surface area contributed by atoms with Crippen molar-refractivity contribution >= 4 is 11.7 Å². The zero-order valence-corrected chi connectivity index (χ0v) is 9.21. The van der Waals surface area contributed by atoms with Crippen LogP contribution in [0.5, 0.6) is 5.75 Å². The summed E-state index contributed by atoms with van der Waals surface area (Å²) in [6.45, 7) is 3.60. The lowest BCUT2D eigenvalue weighted by Crippen LogP contribution is -2.06. The number of hydrogen-bond donors (Lipinski definition) is 0. The van der Waals surface area contributed by atoms with Crippen LogP contribution in [0.15, 0.2) is 30.9 Å². The predicted molar refractivity (Wildman–Crippen MR) is 60.1 cm³/mol. The molecule has 0 saturated heterocycles. The summed E-state index contributed by atoms with van der Waals surface area (Å²) in [5, 5.41) is 10.6. The number of rotatable bonds is 5. The van der Waals surface area contributed by atoms with Gasteiger partial charge in [-0.05, 0) is 6.07 Å². The van der Waals surface area contributed by atoms with Gasteiger partial charge >= 0.3 is 5.97 Å². The van der Waals surface area contributed by atoms with Gasteiger partial charge in [0.25, 0.3) is 5.69 Å². The molecule has 1 rings (SSSR count). The van der Waals surface area contributed by atoms with E-state index in [2.05, 4.69) is 11.3 Å². The van der Waals surface area contributed by atoms with Crippen molar-refractivity contribution in [1.29, 1.82) is 0 Å². The molecular weight excluding hydrogens is 226 g/mol. The fourth-order valence-electron chi connectivity index (χ4n) is 1.17. The van der Waals surface area contributed by atoms with Crippen LogP contribution in [0.2, 0.25) is 0 Å². The van der Waals surface area contributed by atoms with E-state index in [1.807, 2.05) is 0 Å². The lowest BCUT2D eigenvalue weighted by Gasteiger charge is -2.08. The van der Waals surface area contributed by atoms with Crippen molar-refractivity contribution in [2.75, 3.05) is 13.7 Å². The van der Waals surface area contributed by atoms with E-state index in [0.29, 0.717) is 0 Å². The maximum Gasteiger partial charge on any atom is 0.341 e. The molecule has 0 radical (unpaired) electrons. The zero-order chi connectivity index (χ0) is 12.8. The van der Waals surface area contributed by atoms with Gasteiger partial charge in [0.05, 0.1) is 18.1 Å². The summed E-state index contributed by atoms with van der Waals surface area (Å²) in [6.07, 6.45) is 1.47. The van der Waals surface area contributed by atoms with Gasteiger partial charge in [0.2, 0.25) is 0 Å². The molecule has 0 amide bonds. The number of hydrogen-bond acceptors (Lipinski definition) is 5. The van der Waals surface area contributed by atoms with Crippen LogP contribution in [0.3, 0.4) is 0 Å². The Labute approximate surface area is 97.6 Å². The van der Waals surface area contributed by atoms with E-state index in [1.54, 1.807) is 0 Å². The minimum Gasteiger partial charge on any atom is -0.488 e. The van der Waals surface area contributed by atoms with Gasteiger partial charge in [0.1, 0.15) is 17.9 Å². The molecule has 90 valence electrons. The first-order valence-corrected chi connectivity index (χ1v) is 4.70. The second kappa shape index (κ2) is 5.64. The van der Waals surface area contributed by atoms with E-state index in [0.717, 1.165) is 0 Å². The van der Waals surface area contributed by atoms with Crippen molar-refractivity contribution in [2.24, 2.45) is 0 Å². The van der Waals surface area contributed by atoms with E-state index >= 15 is 0 Å². The number of esters is 1. The summed E-state index contributed by atoms with van der Waals surface area (Å²) >= 11 is 0. The minimum absolute atomic E-state index is 0.103. The van der Waals surface area contributed by atoms with Crippen LogP contribution in [0.4, 0.5) is 5.69 Å². The van der Waals surface area contributed by atoms with E-state index in [4.69, 9.17) is 4.74 Å². The van der Waals surface area contributed by atoms with Crippen molar-refractivity contribution in [2.45, 2.75) is 0 Å². The Morgan fingerprint density at radius 1 is 1.59 bits per heavy atom. The largest absolute Gasteiger partial charge is 0.488 e. The number of carbonyl (C=O) groups excluding carboxylic acids is 1. The van der Waals surface area contributed by atoms with E-state index in [9.17, 15) is 14.9 Å². The molecule has 0 atom stereocenters. The molecule has 1 aromatic carbocycles. The summed E-state index contributed by atoms with van der Waals surface area (Å²) in [6, 6.07) is 3.69. The average molecular weight is 237 g/mol. The molecule has 0 heterocycles. The number of nitro benzene ring substituents is 1. The molecule has 0 spiro atoms. The summed E-state index contributed by atoms with van der Waals surface area (Å²) in [7, 11) is 1.22. The lowest BCUT2D eigenvalue weighted by molar-refractivity contribution is -0.384. The molecule has 0 N–H and O–H groups in total. The van der Waals surface area contributed by atoms with Crippen LogP contribution in [0, 0.1) is 10.1 Å². The molecule has 1 aromatic rings. The maximum atomic E-state index is 11.4. The standard InChI is InChI=1S/C11H11NO5/c1-3-6-17-10-7-8(12(14)15)4-5-9(10)11(13)16-2/h3-5,7H,1,6H2,2H3. The van der Waals surface area contributed by atoms with Gasteiger partial charge in [-0.1, -0.05) is 12.7 Å². The first kappa shape index (κ1) is 12.7. The quantitative estimate of drug-likeness (QED) is 0.338. The topological polar surface area (TPSA) is 78.7 Å². The maximum absolute atomic E-state index is 11.4. The van der Waals surface area contributed by atoms with Crippen molar-refractivity contribution in [3.8, 4) is 5.75 Å². The third-order valence-corrected chi connectivity index (χ3v) is 1.94. The first-order valence-electron chi connectivity index (χ1n) is 4.70. The van der Waals surface area contributed by atoms with Gasteiger partial charge < -0.3 is 9.47 Å². The van der Waals surface area contributed by atoms with E-state index < -0.39 is 10.9 Å². The van der Waals surface area contributed by atoms with Crippen LogP contribution >= 0.6 is 0 Å². The molecule has 0 unspecified atom stereocenters. The number of nitrogens with zero attached hydrogens (tertiary/aromatic N) is 1. The van der Waals surface area contributed by atoms with Crippen LogP contribution in [-0.2, 0) is 4.74 Å². The Hall–Kier alpha value is -2.37. The molecule has 17 heavy (non-hydrogen) atoms. The highest BCUT2D eigenvalue weighted by molar-refractivity contribution is 5.92. The number of non-ortho nitro benzene ring substituents is 1. The Morgan fingerprint density at radius 2 is 2.29 bits per heavy atom. The van der Waals surface area contributed by atoms with Crippen molar-refractivity contribution in [3.63, 3.8) is 0 Å². The van der Waals surface area contributed by atoms with Crippen LogP contribution < -0.4 is 4.74 Å². The van der Waals surface area contributed by atoms with Crippen molar-refractivity contribution in [3.05, 3.63) is 46.5 Å². The fraction of sp³-hybridized carbons (Fsp3) is 0.182. The number of carbonyl (C=O) groups is 1. The van der Waals surface area contributed by atoms with Gasteiger partial charge in [-0.15, -0.1) is 0 Å².